The summed E-state index contributed by atoms with van der Waals surface area (Å²) in [5, 5.41) is 11.3. The van der Waals surface area contributed by atoms with E-state index >= 15 is 0 Å². The van der Waals surface area contributed by atoms with E-state index in [0.29, 0.717) is 34.9 Å². The van der Waals surface area contributed by atoms with Crippen molar-refractivity contribution in [1.82, 2.24) is 0 Å². The number of ketones is 1. The van der Waals surface area contributed by atoms with Gasteiger partial charge >= 0.3 is 0 Å². The number of carbonyl (C=O) groups is 2. The van der Waals surface area contributed by atoms with Crippen LogP contribution in [0.15, 0.2) is 78.4 Å². The fourth-order valence-electron chi connectivity index (χ4n) is 4.50. The number of methoxy groups -OCH3 is 1. The smallest absolute Gasteiger partial charge is 0.300 e. The van der Waals surface area contributed by atoms with Crippen LogP contribution in [0.3, 0.4) is 0 Å². The molecule has 1 aliphatic rings. The molecule has 0 radical (unpaired) electrons. The average Bonchev–Trinajstić information content (AvgIpc) is 3.21. The van der Waals surface area contributed by atoms with E-state index in [-0.39, 0.29) is 11.3 Å². The van der Waals surface area contributed by atoms with Gasteiger partial charge in [0.15, 0.2) is 0 Å². The van der Waals surface area contributed by atoms with Crippen LogP contribution in [0.1, 0.15) is 55.8 Å². The summed E-state index contributed by atoms with van der Waals surface area (Å²) in [4.78, 5) is 28.1. The average molecular weight is 500 g/mol. The number of carbonyl (C=O) groups excluding carboxylic acids is 2. The Kier molecular flexibility index (Phi) is 8.29. The second kappa shape index (κ2) is 11.8. The van der Waals surface area contributed by atoms with Crippen LogP contribution in [0.5, 0.6) is 11.5 Å². The summed E-state index contributed by atoms with van der Waals surface area (Å²) >= 11 is 0. The van der Waals surface area contributed by atoms with Gasteiger partial charge < -0.3 is 14.6 Å². The third-order valence-electron chi connectivity index (χ3n) is 6.64. The van der Waals surface area contributed by atoms with E-state index in [0.717, 1.165) is 31.2 Å². The van der Waals surface area contributed by atoms with Crippen molar-refractivity contribution in [1.29, 1.82) is 0 Å². The number of rotatable bonds is 10. The lowest BCUT2D eigenvalue weighted by molar-refractivity contribution is -0.132. The maximum absolute atomic E-state index is 13.3. The molecule has 6 nitrogen and oxygen atoms in total. The second-order valence-corrected chi connectivity index (χ2v) is 9.04. The van der Waals surface area contributed by atoms with Gasteiger partial charge in [0.2, 0.25) is 0 Å². The highest BCUT2D eigenvalue weighted by Gasteiger charge is 2.46. The van der Waals surface area contributed by atoms with E-state index in [1.165, 1.54) is 4.90 Å². The first-order valence-corrected chi connectivity index (χ1v) is 12.8. The Balaban J connectivity index is 1.75. The highest BCUT2D eigenvalue weighted by Crippen LogP contribution is 2.42. The van der Waals surface area contributed by atoms with Gasteiger partial charge in [0.1, 0.15) is 17.3 Å². The first-order chi connectivity index (χ1) is 18.0. The number of aliphatic hydroxyl groups is 1. The summed E-state index contributed by atoms with van der Waals surface area (Å²) < 4.78 is 11.1. The second-order valence-electron chi connectivity index (χ2n) is 9.04. The fourth-order valence-corrected chi connectivity index (χ4v) is 4.50. The SMILES string of the molecule is CCCCCOc1ccc(/C(O)=C2\C(=O)C(=O)N(c3ccc(CC)cc3)C2c2ccc(OC)cc2)cc1. The van der Waals surface area contributed by atoms with Gasteiger partial charge in [-0.3, -0.25) is 14.5 Å². The number of hydrogen-bond acceptors (Lipinski definition) is 5. The van der Waals surface area contributed by atoms with Crippen LogP contribution >= 0.6 is 0 Å². The molecule has 4 rings (SSSR count). The summed E-state index contributed by atoms with van der Waals surface area (Å²) in [5.41, 5.74) is 2.90. The molecular weight excluding hydrogens is 466 g/mol. The Bertz CT molecular complexity index is 1260. The number of aryl methyl sites for hydroxylation is 1. The van der Waals surface area contributed by atoms with Crippen LogP contribution in [-0.4, -0.2) is 30.5 Å². The number of hydrogen-bond donors (Lipinski definition) is 1. The van der Waals surface area contributed by atoms with Crippen LogP contribution in [-0.2, 0) is 16.0 Å². The first kappa shape index (κ1) is 26.0. The number of Topliss-reactive ketones (excluding diaryl/α,β-unsaturated/α-hetero) is 1. The Labute approximate surface area is 218 Å². The van der Waals surface area contributed by atoms with Gasteiger partial charge in [-0.15, -0.1) is 0 Å². The van der Waals surface area contributed by atoms with Crippen LogP contribution in [0.2, 0.25) is 0 Å². The molecule has 0 spiro atoms. The van der Waals surface area contributed by atoms with Crippen molar-refractivity contribution in [3.05, 3.63) is 95.1 Å². The number of aliphatic hydroxyl groups excluding tert-OH is 1. The minimum absolute atomic E-state index is 0.0475. The predicted molar refractivity (Wildman–Crippen MR) is 145 cm³/mol. The van der Waals surface area contributed by atoms with Crippen LogP contribution in [0.25, 0.3) is 5.76 Å². The van der Waals surface area contributed by atoms with Crippen molar-refractivity contribution in [3.63, 3.8) is 0 Å². The third-order valence-corrected chi connectivity index (χ3v) is 6.64. The van der Waals surface area contributed by atoms with Gasteiger partial charge in [-0.25, -0.2) is 0 Å². The van der Waals surface area contributed by atoms with Crippen LogP contribution < -0.4 is 14.4 Å². The molecule has 6 heteroatoms. The summed E-state index contributed by atoms with van der Waals surface area (Å²) in [6.07, 6.45) is 4.05. The molecule has 1 aliphatic heterocycles. The Morgan fingerprint density at radius 2 is 1.51 bits per heavy atom. The lowest BCUT2D eigenvalue weighted by atomic mass is 9.95. The number of unbranched alkanes of at least 4 members (excludes halogenated alkanes) is 2. The van der Waals surface area contributed by atoms with E-state index in [4.69, 9.17) is 9.47 Å². The quantitative estimate of drug-likeness (QED) is 0.150. The summed E-state index contributed by atoms with van der Waals surface area (Å²) in [6.45, 7) is 4.82. The van der Waals surface area contributed by atoms with E-state index in [9.17, 15) is 14.7 Å². The van der Waals surface area contributed by atoms with Crippen molar-refractivity contribution in [2.45, 2.75) is 45.6 Å². The Morgan fingerprint density at radius 3 is 2.11 bits per heavy atom. The van der Waals surface area contributed by atoms with E-state index in [1.807, 2.05) is 36.4 Å². The fraction of sp³-hybridized carbons (Fsp3) is 0.290. The van der Waals surface area contributed by atoms with Crippen LogP contribution in [0, 0.1) is 0 Å². The lowest BCUT2D eigenvalue weighted by Crippen LogP contribution is -2.29. The summed E-state index contributed by atoms with van der Waals surface area (Å²) in [7, 11) is 1.58. The number of amides is 1. The number of anilines is 1. The summed E-state index contributed by atoms with van der Waals surface area (Å²) in [6, 6.07) is 20.9. The highest BCUT2D eigenvalue weighted by atomic mass is 16.5. The molecule has 1 atom stereocenters. The largest absolute Gasteiger partial charge is 0.507 e. The van der Waals surface area contributed by atoms with Crippen molar-refractivity contribution in [3.8, 4) is 11.5 Å². The predicted octanol–water partition coefficient (Wildman–Crippen LogP) is 6.45. The van der Waals surface area contributed by atoms with Gasteiger partial charge in [0.05, 0.1) is 25.3 Å². The van der Waals surface area contributed by atoms with Gasteiger partial charge in [-0.1, -0.05) is 51.0 Å². The normalized spacial score (nSPS) is 16.7. The molecule has 1 N–H and O–H groups in total. The van der Waals surface area contributed by atoms with E-state index in [1.54, 1.807) is 43.5 Å². The van der Waals surface area contributed by atoms with E-state index in [2.05, 4.69) is 13.8 Å². The molecule has 0 bridgehead atoms. The minimum Gasteiger partial charge on any atom is -0.507 e. The molecule has 192 valence electrons. The van der Waals surface area contributed by atoms with Crippen molar-refractivity contribution in [2.75, 3.05) is 18.6 Å². The monoisotopic (exact) mass is 499 g/mol. The number of ether oxygens (including phenoxy) is 2. The number of nitrogens with zero attached hydrogens (tertiary/aromatic N) is 1. The molecule has 1 heterocycles. The Hall–Kier alpha value is -4.06. The Morgan fingerprint density at radius 1 is 0.865 bits per heavy atom. The molecule has 0 aromatic heterocycles. The molecule has 1 fully saturated rings. The van der Waals surface area contributed by atoms with E-state index < -0.39 is 17.7 Å². The van der Waals surface area contributed by atoms with Crippen molar-refractivity contribution < 1.29 is 24.2 Å². The van der Waals surface area contributed by atoms with Gasteiger partial charge in [0, 0.05) is 11.3 Å². The zero-order valence-electron chi connectivity index (χ0n) is 21.6. The molecule has 1 unspecified atom stereocenters. The van der Waals surface area contributed by atoms with Gasteiger partial charge in [0.25, 0.3) is 11.7 Å². The molecule has 1 amide bonds. The standard InChI is InChI=1S/C31H33NO5/c1-4-6-7-20-37-26-18-12-23(13-19-26)29(33)27-28(22-10-16-25(36-3)17-11-22)32(31(35)30(27)34)24-14-8-21(5-2)9-15-24/h8-19,28,33H,4-7,20H2,1-3H3/b29-27+. The summed E-state index contributed by atoms with van der Waals surface area (Å²) in [5.74, 6) is -0.275. The molecule has 3 aromatic rings. The molecule has 3 aromatic carbocycles. The van der Waals surface area contributed by atoms with Crippen molar-refractivity contribution >= 4 is 23.1 Å². The highest BCUT2D eigenvalue weighted by molar-refractivity contribution is 6.51. The van der Waals surface area contributed by atoms with Crippen LogP contribution in [0.4, 0.5) is 5.69 Å². The lowest BCUT2D eigenvalue weighted by Gasteiger charge is -2.25. The minimum atomic E-state index is -0.789. The maximum atomic E-state index is 13.3. The maximum Gasteiger partial charge on any atom is 0.300 e. The molecule has 0 aliphatic carbocycles. The van der Waals surface area contributed by atoms with Crippen molar-refractivity contribution in [2.24, 2.45) is 0 Å². The van der Waals surface area contributed by atoms with Gasteiger partial charge in [-0.2, -0.15) is 0 Å². The number of benzene rings is 3. The topological polar surface area (TPSA) is 76.1 Å². The molecule has 1 saturated heterocycles. The molecule has 37 heavy (non-hydrogen) atoms. The zero-order chi connectivity index (χ0) is 26.4. The molecule has 0 saturated carbocycles. The zero-order valence-corrected chi connectivity index (χ0v) is 21.6. The third kappa shape index (κ3) is 5.53. The van der Waals surface area contributed by atoms with Gasteiger partial charge in [-0.05, 0) is 72.5 Å². The first-order valence-electron chi connectivity index (χ1n) is 12.8. The molecular formula is C31H33NO5.